The van der Waals surface area contributed by atoms with E-state index in [0.29, 0.717) is 0 Å². The van der Waals surface area contributed by atoms with Crippen LogP contribution in [0.4, 0.5) is 0 Å². The van der Waals surface area contributed by atoms with Crippen LogP contribution in [0, 0.1) is 0 Å². The minimum atomic E-state index is -2.60. The van der Waals surface area contributed by atoms with E-state index in [4.69, 9.17) is 0 Å². The van der Waals surface area contributed by atoms with E-state index in [-0.39, 0.29) is 0 Å². The van der Waals surface area contributed by atoms with Crippen LogP contribution < -0.4 is 20.7 Å². The lowest BCUT2D eigenvalue weighted by Gasteiger charge is -2.34. The average molecular weight is 502 g/mol. The first-order chi connectivity index (χ1) is 18.9. The second-order valence-corrected chi connectivity index (χ2v) is 13.6. The third-order valence-electron chi connectivity index (χ3n) is 7.74. The molecule has 0 aliphatic rings. The highest BCUT2D eigenvalue weighted by atomic mass is 28.3. The maximum Gasteiger partial charge on any atom is 0.179 e. The van der Waals surface area contributed by atoms with Crippen molar-refractivity contribution in [1.82, 2.24) is 4.57 Å². The summed E-state index contributed by atoms with van der Waals surface area (Å²) in [6.07, 6.45) is 0. The third-order valence-corrected chi connectivity index (χ3v) is 12.5. The van der Waals surface area contributed by atoms with Crippen molar-refractivity contribution in [3.8, 4) is 5.69 Å². The molecule has 7 aromatic rings. The predicted molar refractivity (Wildman–Crippen MR) is 164 cm³/mol. The molecule has 0 bridgehead atoms. The molecule has 6 aromatic carbocycles. The molecule has 0 aliphatic carbocycles. The Bertz CT molecular complexity index is 1740. The van der Waals surface area contributed by atoms with E-state index in [1.807, 2.05) is 0 Å². The number of benzene rings is 6. The molecule has 1 heterocycles. The van der Waals surface area contributed by atoms with E-state index in [2.05, 4.69) is 168 Å². The van der Waals surface area contributed by atoms with Gasteiger partial charge < -0.3 is 4.57 Å². The summed E-state index contributed by atoms with van der Waals surface area (Å²) in [4.78, 5) is 0. The van der Waals surface area contributed by atoms with Gasteiger partial charge in [-0.3, -0.25) is 0 Å². The summed E-state index contributed by atoms with van der Waals surface area (Å²) in [7, 11) is -2.60. The first-order valence-corrected chi connectivity index (χ1v) is 15.1. The second kappa shape index (κ2) is 9.33. The van der Waals surface area contributed by atoms with Crippen LogP contribution in [0.25, 0.3) is 27.5 Å². The van der Waals surface area contributed by atoms with Crippen molar-refractivity contribution in [3.63, 3.8) is 0 Å². The van der Waals surface area contributed by atoms with E-state index < -0.39 is 8.07 Å². The van der Waals surface area contributed by atoms with Crippen LogP contribution in [-0.2, 0) is 0 Å². The Morgan fingerprint density at radius 2 is 0.789 bits per heavy atom. The van der Waals surface area contributed by atoms with E-state index >= 15 is 0 Å². The molecular weight excluding hydrogens is 474 g/mol. The number of aromatic nitrogens is 1. The first-order valence-electron chi connectivity index (χ1n) is 13.1. The molecule has 0 fully saturated rings. The van der Waals surface area contributed by atoms with Gasteiger partial charge in [0, 0.05) is 16.5 Å². The number of nitrogens with zero attached hydrogens (tertiary/aromatic N) is 1. The largest absolute Gasteiger partial charge is 0.309 e. The monoisotopic (exact) mass is 501 g/mol. The second-order valence-electron chi connectivity index (χ2n) is 9.77. The molecule has 0 aliphatic heterocycles. The van der Waals surface area contributed by atoms with Crippen LogP contribution in [0.1, 0.15) is 0 Å². The number of rotatable bonds is 5. The Kier molecular flexibility index (Phi) is 5.53. The minimum Gasteiger partial charge on any atom is -0.309 e. The number of hydrogen-bond donors (Lipinski definition) is 0. The summed E-state index contributed by atoms with van der Waals surface area (Å²) in [6.45, 7) is 0. The Labute approximate surface area is 224 Å². The van der Waals surface area contributed by atoms with Crippen molar-refractivity contribution in [2.24, 2.45) is 0 Å². The van der Waals surface area contributed by atoms with Gasteiger partial charge in [0.15, 0.2) is 8.07 Å². The first kappa shape index (κ1) is 22.5. The summed E-state index contributed by atoms with van der Waals surface area (Å²) in [5.74, 6) is 0. The zero-order valence-electron chi connectivity index (χ0n) is 21.0. The lowest BCUT2D eigenvalue weighted by atomic mass is 10.1. The molecule has 0 unspecified atom stereocenters. The van der Waals surface area contributed by atoms with Crippen molar-refractivity contribution in [2.75, 3.05) is 0 Å². The van der Waals surface area contributed by atoms with Gasteiger partial charge in [0.2, 0.25) is 0 Å². The summed E-state index contributed by atoms with van der Waals surface area (Å²) < 4.78 is 2.42. The topological polar surface area (TPSA) is 4.93 Å². The summed E-state index contributed by atoms with van der Waals surface area (Å²) >= 11 is 0. The van der Waals surface area contributed by atoms with Crippen molar-refractivity contribution in [2.45, 2.75) is 0 Å². The van der Waals surface area contributed by atoms with Gasteiger partial charge in [-0.25, -0.2) is 0 Å². The molecule has 0 saturated heterocycles. The molecule has 1 aromatic heterocycles. The highest BCUT2D eigenvalue weighted by Gasteiger charge is 2.41. The Morgan fingerprint density at radius 1 is 0.342 bits per heavy atom. The van der Waals surface area contributed by atoms with Crippen LogP contribution in [0.15, 0.2) is 164 Å². The fraction of sp³-hybridized carbons (Fsp3) is 0. The molecule has 38 heavy (non-hydrogen) atoms. The Morgan fingerprint density at radius 3 is 1.34 bits per heavy atom. The van der Waals surface area contributed by atoms with E-state index in [9.17, 15) is 0 Å². The quantitative estimate of drug-likeness (QED) is 0.197. The molecule has 0 spiro atoms. The van der Waals surface area contributed by atoms with Crippen molar-refractivity contribution < 1.29 is 0 Å². The fourth-order valence-corrected chi connectivity index (χ4v) is 10.9. The zero-order chi connectivity index (χ0) is 25.4. The van der Waals surface area contributed by atoms with Crippen LogP contribution in [-0.4, -0.2) is 12.6 Å². The van der Waals surface area contributed by atoms with Gasteiger partial charge in [-0.1, -0.05) is 140 Å². The molecule has 2 heteroatoms. The molecule has 0 saturated carbocycles. The van der Waals surface area contributed by atoms with Crippen LogP contribution in [0.3, 0.4) is 0 Å². The van der Waals surface area contributed by atoms with Gasteiger partial charge in [0.1, 0.15) is 0 Å². The number of hydrogen-bond acceptors (Lipinski definition) is 0. The zero-order valence-corrected chi connectivity index (χ0v) is 22.0. The molecule has 0 amide bonds. The van der Waals surface area contributed by atoms with E-state index in [0.717, 1.165) is 0 Å². The predicted octanol–water partition coefficient (Wildman–Crippen LogP) is 6.16. The van der Waals surface area contributed by atoms with Crippen molar-refractivity contribution in [3.05, 3.63) is 164 Å². The smallest absolute Gasteiger partial charge is 0.179 e. The maximum absolute atomic E-state index is 2.60. The Balaban J connectivity index is 1.63. The average Bonchev–Trinajstić information content (AvgIpc) is 3.33. The number of fused-ring (bicyclic) bond motifs is 3. The summed E-state index contributed by atoms with van der Waals surface area (Å²) in [6, 6.07) is 60.1. The normalized spacial score (nSPS) is 11.7. The standard InChI is InChI=1S/C36H27NSi/c1-5-15-28(16-6-1)37-35-24-14-13-23-33(35)34-26-25-32(27-36(34)37)38(29-17-7-2-8-18-29,30-19-9-3-10-20-30)31-21-11-4-12-22-31/h1-27H. The van der Waals surface area contributed by atoms with Gasteiger partial charge in [-0.2, -0.15) is 0 Å². The minimum absolute atomic E-state index is 1.18. The summed E-state index contributed by atoms with van der Waals surface area (Å²) in [5.41, 5.74) is 3.66. The molecule has 180 valence electrons. The Hall–Kier alpha value is -4.66. The maximum atomic E-state index is 2.47. The molecular formula is C36H27NSi. The molecule has 7 rings (SSSR count). The third kappa shape index (κ3) is 3.46. The fourth-order valence-electron chi connectivity index (χ4n) is 6.12. The van der Waals surface area contributed by atoms with Crippen molar-refractivity contribution in [1.29, 1.82) is 0 Å². The SMILES string of the molecule is c1ccc(-n2c3ccccc3c3ccc([Si](c4ccccc4)(c4ccccc4)c4ccccc4)cc32)cc1. The lowest BCUT2D eigenvalue weighted by molar-refractivity contribution is 1.18. The summed E-state index contributed by atoms with van der Waals surface area (Å²) in [5, 5.41) is 8.11. The van der Waals surface area contributed by atoms with Gasteiger partial charge in [0.05, 0.1) is 11.0 Å². The lowest BCUT2D eigenvalue weighted by Crippen LogP contribution is -2.74. The highest BCUT2D eigenvalue weighted by molar-refractivity contribution is 7.20. The molecule has 0 atom stereocenters. The van der Waals surface area contributed by atoms with Gasteiger partial charge >= 0.3 is 0 Å². The molecule has 1 nitrogen and oxygen atoms in total. The van der Waals surface area contributed by atoms with Crippen LogP contribution in [0.2, 0.25) is 0 Å². The van der Waals surface area contributed by atoms with E-state index in [1.165, 1.54) is 48.2 Å². The molecule has 0 radical (unpaired) electrons. The van der Waals surface area contributed by atoms with Crippen molar-refractivity contribution >= 4 is 50.6 Å². The van der Waals surface area contributed by atoms with Gasteiger partial charge in [0.25, 0.3) is 0 Å². The van der Waals surface area contributed by atoms with Crippen LogP contribution in [0.5, 0.6) is 0 Å². The number of para-hydroxylation sites is 2. The van der Waals surface area contributed by atoms with Crippen LogP contribution >= 0.6 is 0 Å². The van der Waals surface area contributed by atoms with Gasteiger partial charge in [-0.15, -0.1) is 0 Å². The van der Waals surface area contributed by atoms with Gasteiger partial charge in [-0.05, 0) is 45.0 Å². The molecule has 0 N–H and O–H groups in total. The highest BCUT2D eigenvalue weighted by Crippen LogP contribution is 2.31. The van der Waals surface area contributed by atoms with E-state index in [1.54, 1.807) is 0 Å².